The molecule has 1 fully saturated rings. The largest absolute Gasteiger partial charge is 0.394 e. The molecule has 0 spiro atoms. The van der Waals surface area contributed by atoms with Gasteiger partial charge in [0, 0.05) is 30.5 Å². The number of aromatic nitrogens is 1. The summed E-state index contributed by atoms with van der Waals surface area (Å²) in [6.45, 7) is 0.666. The van der Waals surface area contributed by atoms with Gasteiger partial charge in [0.15, 0.2) is 0 Å². The number of aliphatic hydroxyl groups is 1. The number of pyridine rings is 1. The van der Waals surface area contributed by atoms with Gasteiger partial charge in [-0.05, 0) is 65.1 Å². The Morgan fingerprint density at radius 1 is 1.13 bits per heavy atom. The lowest BCUT2D eigenvalue weighted by molar-refractivity contribution is -0.131. The van der Waals surface area contributed by atoms with Gasteiger partial charge >= 0.3 is 0 Å². The highest BCUT2D eigenvalue weighted by Gasteiger charge is 2.45. The number of hydrogen-bond acceptors (Lipinski definition) is 4. The molecule has 0 bridgehead atoms. The van der Waals surface area contributed by atoms with Gasteiger partial charge < -0.3 is 15.3 Å². The number of halogens is 1. The van der Waals surface area contributed by atoms with E-state index in [4.69, 9.17) is 0 Å². The first-order valence-electron chi connectivity index (χ1n) is 10.6. The molecule has 31 heavy (non-hydrogen) atoms. The molecule has 3 atom stereocenters. The van der Waals surface area contributed by atoms with Crippen molar-refractivity contribution in [2.45, 2.75) is 24.9 Å². The number of nitrogens with zero attached hydrogens (tertiary/aromatic N) is 2. The third kappa shape index (κ3) is 3.68. The van der Waals surface area contributed by atoms with E-state index in [1.807, 2.05) is 35.2 Å². The second kappa shape index (κ2) is 8.12. The van der Waals surface area contributed by atoms with Crippen molar-refractivity contribution < 1.29 is 14.3 Å². The van der Waals surface area contributed by atoms with Crippen molar-refractivity contribution in [1.29, 1.82) is 0 Å². The van der Waals surface area contributed by atoms with Crippen molar-refractivity contribution in [2.24, 2.45) is 5.92 Å². The quantitative estimate of drug-likeness (QED) is 0.678. The number of aliphatic hydroxyl groups excluding tert-OH is 1. The Kier molecular flexibility index (Phi) is 5.16. The van der Waals surface area contributed by atoms with Crippen LogP contribution in [0.15, 0.2) is 67.0 Å². The van der Waals surface area contributed by atoms with E-state index in [0.717, 1.165) is 34.4 Å². The maximum Gasteiger partial charge on any atom is 0.227 e. The number of fused-ring (bicyclic) bond motifs is 3. The van der Waals surface area contributed by atoms with E-state index >= 15 is 0 Å². The van der Waals surface area contributed by atoms with Gasteiger partial charge in [0.05, 0.1) is 25.1 Å². The van der Waals surface area contributed by atoms with Crippen LogP contribution in [0.5, 0.6) is 0 Å². The van der Waals surface area contributed by atoms with E-state index in [1.165, 1.54) is 12.1 Å². The van der Waals surface area contributed by atoms with Crippen LogP contribution in [0.25, 0.3) is 11.1 Å². The average Bonchev–Trinajstić information content (AvgIpc) is 3.25. The summed E-state index contributed by atoms with van der Waals surface area (Å²) < 4.78 is 13.8. The SMILES string of the molecule is O=C(Cc1ccncc1)N1CC[C@@H]2[C@@H](CO)Nc3ccc(-c4cccc(F)c4)cc3[C@@H]21. The van der Waals surface area contributed by atoms with Crippen LogP contribution in [-0.4, -0.2) is 40.1 Å². The van der Waals surface area contributed by atoms with Crippen LogP contribution in [-0.2, 0) is 11.2 Å². The zero-order valence-electron chi connectivity index (χ0n) is 17.0. The van der Waals surface area contributed by atoms with E-state index in [-0.39, 0.29) is 36.3 Å². The lowest BCUT2D eigenvalue weighted by Crippen LogP contribution is -2.43. The van der Waals surface area contributed by atoms with Crippen LogP contribution in [0.4, 0.5) is 10.1 Å². The van der Waals surface area contributed by atoms with Crippen molar-refractivity contribution in [3.05, 3.63) is 83.9 Å². The van der Waals surface area contributed by atoms with Crippen LogP contribution < -0.4 is 5.32 Å². The Bertz CT molecular complexity index is 1100. The van der Waals surface area contributed by atoms with Crippen molar-refractivity contribution >= 4 is 11.6 Å². The van der Waals surface area contributed by atoms with Crippen LogP contribution in [0.1, 0.15) is 23.6 Å². The predicted molar refractivity (Wildman–Crippen MR) is 117 cm³/mol. The maximum absolute atomic E-state index is 13.8. The van der Waals surface area contributed by atoms with Crippen LogP contribution >= 0.6 is 0 Å². The summed E-state index contributed by atoms with van der Waals surface area (Å²) >= 11 is 0. The van der Waals surface area contributed by atoms with Gasteiger partial charge in [0.25, 0.3) is 0 Å². The first-order chi connectivity index (χ1) is 15.1. The molecular weight excluding hydrogens is 393 g/mol. The summed E-state index contributed by atoms with van der Waals surface area (Å²) in [6.07, 6.45) is 4.54. The molecule has 0 radical (unpaired) electrons. The summed E-state index contributed by atoms with van der Waals surface area (Å²) in [6, 6.07) is 16.0. The minimum Gasteiger partial charge on any atom is -0.394 e. The molecule has 1 aromatic heterocycles. The van der Waals surface area contributed by atoms with Crippen molar-refractivity contribution in [3.63, 3.8) is 0 Å². The molecule has 0 saturated carbocycles. The number of carbonyl (C=O) groups is 1. The van der Waals surface area contributed by atoms with E-state index in [0.29, 0.717) is 13.0 Å². The van der Waals surface area contributed by atoms with Crippen molar-refractivity contribution in [2.75, 3.05) is 18.5 Å². The van der Waals surface area contributed by atoms with Gasteiger partial charge in [-0.1, -0.05) is 18.2 Å². The maximum atomic E-state index is 13.8. The number of likely N-dealkylation sites (tertiary alicyclic amines) is 1. The molecule has 2 aromatic carbocycles. The molecule has 2 aliphatic rings. The topological polar surface area (TPSA) is 65.5 Å². The van der Waals surface area contributed by atoms with Gasteiger partial charge in [-0.25, -0.2) is 4.39 Å². The third-order valence-electron chi connectivity index (χ3n) is 6.45. The molecule has 1 amide bonds. The highest BCUT2D eigenvalue weighted by molar-refractivity contribution is 5.81. The summed E-state index contributed by atoms with van der Waals surface area (Å²) in [4.78, 5) is 19.2. The average molecular weight is 417 g/mol. The molecule has 2 N–H and O–H groups in total. The van der Waals surface area contributed by atoms with Crippen LogP contribution in [0.3, 0.4) is 0 Å². The lowest BCUT2D eigenvalue weighted by Gasteiger charge is -2.39. The molecule has 3 heterocycles. The van der Waals surface area contributed by atoms with E-state index < -0.39 is 0 Å². The van der Waals surface area contributed by atoms with E-state index in [2.05, 4.69) is 16.4 Å². The van der Waals surface area contributed by atoms with Gasteiger partial charge in [-0.3, -0.25) is 9.78 Å². The number of hydrogen-bond donors (Lipinski definition) is 2. The van der Waals surface area contributed by atoms with Gasteiger partial charge in [-0.2, -0.15) is 0 Å². The van der Waals surface area contributed by atoms with Crippen LogP contribution in [0, 0.1) is 11.7 Å². The number of anilines is 1. The molecular formula is C25H24FN3O2. The van der Waals surface area contributed by atoms with E-state index in [1.54, 1.807) is 18.5 Å². The first-order valence-corrected chi connectivity index (χ1v) is 10.6. The van der Waals surface area contributed by atoms with Crippen molar-refractivity contribution in [1.82, 2.24) is 9.88 Å². The molecule has 5 rings (SSSR count). The first kappa shape index (κ1) is 19.7. The highest BCUT2D eigenvalue weighted by atomic mass is 19.1. The number of nitrogens with one attached hydrogen (secondary N) is 1. The molecule has 2 aliphatic heterocycles. The molecule has 1 saturated heterocycles. The molecule has 3 aromatic rings. The Morgan fingerprint density at radius 3 is 2.71 bits per heavy atom. The highest BCUT2D eigenvalue weighted by Crippen LogP contribution is 2.47. The Balaban J connectivity index is 1.52. The summed E-state index contributed by atoms with van der Waals surface area (Å²) in [5.74, 6) is -0.0809. The standard InChI is InChI=1S/C25H24FN3O2/c26-19-3-1-2-17(13-19)18-4-5-22-21(14-18)25-20(23(15-30)28-22)8-11-29(25)24(31)12-16-6-9-27-10-7-16/h1-7,9-10,13-14,20,23,25,28,30H,8,11-12,15H2/t20-,23-,25-/m1/s1. The minimum absolute atomic E-state index is 0.0125. The Morgan fingerprint density at radius 2 is 1.94 bits per heavy atom. The molecule has 6 heteroatoms. The summed E-state index contributed by atoms with van der Waals surface area (Å²) in [5, 5.41) is 13.4. The zero-order valence-corrected chi connectivity index (χ0v) is 17.0. The van der Waals surface area contributed by atoms with Crippen LogP contribution in [0.2, 0.25) is 0 Å². The minimum atomic E-state index is -0.276. The normalized spacial score (nSPS) is 21.9. The number of carbonyl (C=O) groups excluding carboxylic acids is 1. The molecule has 158 valence electrons. The van der Waals surface area contributed by atoms with Crippen molar-refractivity contribution in [3.8, 4) is 11.1 Å². The number of benzene rings is 2. The predicted octanol–water partition coefficient (Wildman–Crippen LogP) is 3.81. The van der Waals surface area contributed by atoms with Gasteiger partial charge in [-0.15, -0.1) is 0 Å². The third-order valence-corrected chi connectivity index (χ3v) is 6.45. The zero-order chi connectivity index (χ0) is 21.4. The molecule has 0 unspecified atom stereocenters. The second-order valence-electron chi connectivity index (χ2n) is 8.26. The Hall–Kier alpha value is -3.25. The number of amides is 1. The fourth-order valence-corrected chi connectivity index (χ4v) is 4.97. The number of rotatable bonds is 4. The van der Waals surface area contributed by atoms with Gasteiger partial charge in [0.1, 0.15) is 5.82 Å². The van der Waals surface area contributed by atoms with E-state index in [9.17, 15) is 14.3 Å². The monoisotopic (exact) mass is 417 g/mol. The second-order valence-corrected chi connectivity index (χ2v) is 8.26. The summed E-state index contributed by atoms with van der Waals surface area (Å²) in [5.41, 5.74) is 4.59. The Labute approximate surface area is 180 Å². The van der Waals surface area contributed by atoms with Gasteiger partial charge in [0.2, 0.25) is 5.91 Å². The fourth-order valence-electron chi connectivity index (χ4n) is 4.97. The fraction of sp³-hybridized carbons (Fsp3) is 0.280. The lowest BCUT2D eigenvalue weighted by atomic mass is 9.82. The molecule has 0 aliphatic carbocycles. The smallest absolute Gasteiger partial charge is 0.227 e. The molecule has 5 nitrogen and oxygen atoms in total. The summed E-state index contributed by atoms with van der Waals surface area (Å²) in [7, 11) is 0.